The van der Waals surface area contributed by atoms with Crippen molar-refractivity contribution in [3.63, 3.8) is 0 Å². The van der Waals surface area contributed by atoms with Crippen molar-refractivity contribution in [1.29, 1.82) is 0 Å². The molecule has 1 aliphatic heterocycles. The lowest BCUT2D eigenvalue weighted by Crippen LogP contribution is -2.29. The van der Waals surface area contributed by atoms with Gasteiger partial charge in [-0.1, -0.05) is 0 Å². The van der Waals surface area contributed by atoms with E-state index in [2.05, 4.69) is 31.3 Å². The Kier molecular flexibility index (Phi) is 4.57. The highest BCUT2D eigenvalue weighted by atomic mass is 79.9. The maximum Gasteiger partial charge on any atom is 0.573 e. The molecule has 1 aromatic rings. The van der Waals surface area contributed by atoms with Crippen LogP contribution in [0.5, 0.6) is 5.75 Å². The van der Waals surface area contributed by atoms with Gasteiger partial charge in [0.25, 0.3) is 0 Å². The summed E-state index contributed by atoms with van der Waals surface area (Å²) in [6, 6.07) is 4.86. The molecule has 106 valence electrons. The van der Waals surface area contributed by atoms with Gasteiger partial charge in [-0.05, 0) is 53.5 Å². The van der Waals surface area contributed by atoms with E-state index in [1.807, 2.05) is 0 Å². The van der Waals surface area contributed by atoms with Gasteiger partial charge in [-0.3, -0.25) is 0 Å². The second-order valence-corrected chi connectivity index (χ2v) is 5.22. The smallest absolute Gasteiger partial charge is 0.405 e. The van der Waals surface area contributed by atoms with Gasteiger partial charge in [0.2, 0.25) is 0 Å². The van der Waals surface area contributed by atoms with E-state index < -0.39 is 6.36 Å². The lowest BCUT2D eigenvalue weighted by atomic mass is 10.2. The Labute approximate surface area is 117 Å². The summed E-state index contributed by atoms with van der Waals surface area (Å²) >= 11 is 3.07. The van der Waals surface area contributed by atoms with Crippen molar-refractivity contribution in [2.24, 2.45) is 0 Å². The zero-order valence-electron chi connectivity index (χ0n) is 10.1. The Hall–Kier alpha value is -0.950. The third kappa shape index (κ3) is 4.58. The number of halogens is 4. The van der Waals surface area contributed by atoms with Crippen molar-refractivity contribution < 1.29 is 17.9 Å². The number of rotatable bonds is 4. The number of hydrogen-bond donors (Lipinski definition) is 2. The topological polar surface area (TPSA) is 33.3 Å². The minimum atomic E-state index is -4.68. The van der Waals surface area contributed by atoms with Crippen LogP contribution < -0.4 is 15.4 Å². The minimum Gasteiger partial charge on any atom is -0.405 e. The third-order valence-electron chi connectivity index (χ3n) is 2.87. The molecule has 2 N–H and O–H groups in total. The highest BCUT2D eigenvalue weighted by molar-refractivity contribution is 9.10. The van der Waals surface area contributed by atoms with Crippen molar-refractivity contribution >= 4 is 21.6 Å². The summed E-state index contributed by atoms with van der Waals surface area (Å²) in [4.78, 5) is 0. The molecule has 0 spiro atoms. The zero-order chi connectivity index (χ0) is 13.9. The summed E-state index contributed by atoms with van der Waals surface area (Å²) in [5.41, 5.74) is 0.759. The van der Waals surface area contributed by atoms with Crippen LogP contribution in [0.25, 0.3) is 0 Å². The Balaban J connectivity index is 1.94. The molecule has 0 radical (unpaired) electrons. The molecule has 0 saturated carbocycles. The van der Waals surface area contributed by atoms with Crippen molar-refractivity contribution in [3.8, 4) is 5.75 Å². The van der Waals surface area contributed by atoms with E-state index in [9.17, 15) is 13.2 Å². The molecule has 7 heteroatoms. The van der Waals surface area contributed by atoms with Gasteiger partial charge in [0.15, 0.2) is 0 Å². The minimum absolute atomic E-state index is 0.239. The largest absolute Gasteiger partial charge is 0.573 e. The van der Waals surface area contributed by atoms with Gasteiger partial charge in [-0.2, -0.15) is 0 Å². The molecular formula is C12H14BrF3N2O. The Morgan fingerprint density at radius 1 is 1.42 bits per heavy atom. The van der Waals surface area contributed by atoms with Crippen LogP contribution in [0.2, 0.25) is 0 Å². The molecule has 3 nitrogen and oxygen atoms in total. The first-order chi connectivity index (χ1) is 8.94. The highest BCUT2D eigenvalue weighted by Gasteiger charge is 2.31. The van der Waals surface area contributed by atoms with E-state index in [-0.39, 0.29) is 10.2 Å². The van der Waals surface area contributed by atoms with Gasteiger partial charge in [-0.15, -0.1) is 13.2 Å². The van der Waals surface area contributed by atoms with E-state index in [1.54, 1.807) is 12.1 Å². The average Bonchev–Trinajstić information content (AvgIpc) is 2.81. The Morgan fingerprint density at radius 3 is 2.79 bits per heavy atom. The third-order valence-corrected chi connectivity index (χ3v) is 3.49. The zero-order valence-corrected chi connectivity index (χ0v) is 11.6. The van der Waals surface area contributed by atoms with Gasteiger partial charge >= 0.3 is 6.36 Å². The molecule has 0 aromatic heterocycles. The van der Waals surface area contributed by atoms with E-state index >= 15 is 0 Å². The Bertz CT molecular complexity index is 433. The lowest BCUT2D eigenvalue weighted by molar-refractivity contribution is -0.274. The predicted molar refractivity (Wildman–Crippen MR) is 70.3 cm³/mol. The van der Waals surface area contributed by atoms with Crippen molar-refractivity contribution in [2.45, 2.75) is 25.2 Å². The molecule has 1 atom stereocenters. The maximum atomic E-state index is 12.1. The summed E-state index contributed by atoms with van der Waals surface area (Å²) in [6.07, 6.45) is -2.40. The SMILES string of the molecule is FC(F)(F)Oc1ccc(NCC2CCCN2)cc1Br. The van der Waals surface area contributed by atoms with Crippen LogP contribution in [0.15, 0.2) is 22.7 Å². The Morgan fingerprint density at radius 2 is 2.21 bits per heavy atom. The van der Waals surface area contributed by atoms with Gasteiger partial charge in [-0.25, -0.2) is 0 Å². The van der Waals surface area contributed by atoms with E-state index in [1.165, 1.54) is 6.07 Å². The first-order valence-corrected chi connectivity index (χ1v) is 6.76. The summed E-state index contributed by atoms with van der Waals surface area (Å²) in [6.45, 7) is 1.78. The average molecular weight is 339 g/mol. The van der Waals surface area contributed by atoms with E-state index in [0.29, 0.717) is 6.04 Å². The second-order valence-electron chi connectivity index (χ2n) is 4.37. The van der Waals surface area contributed by atoms with Crippen LogP contribution in [0.3, 0.4) is 0 Å². The van der Waals surface area contributed by atoms with Crippen LogP contribution in [-0.4, -0.2) is 25.5 Å². The molecule has 1 unspecified atom stereocenters. The molecule has 0 aliphatic carbocycles. The molecule has 0 bridgehead atoms. The number of hydrogen-bond acceptors (Lipinski definition) is 3. The molecule has 1 aliphatic rings. The molecule has 2 rings (SSSR count). The molecule has 1 aromatic carbocycles. The monoisotopic (exact) mass is 338 g/mol. The van der Waals surface area contributed by atoms with Gasteiger partial charge in [0, 0.05) is 18.3 Å². The van der Waals surface area contributed by atoms with Crippen LogP contribution in [0.4, 0.5) is 18.9 Å². The number of benzene rings is 1. The predicted octanol–water partition coefficient (Wildman–Crippen LogP) is 3.51. The summed E-state index contributed by atoms with van der Waals surface area (Å²) in [5, 5.41) is 6.52. The lowest BCUT2D eigenvalue weighted by Gasteiger charge is -2.14. The van der Waals surface area contributed by atoms with Crippen LogP contribution in [0.1, 0.15) is 12.8 Å². The van der Waals surface area contributed by atoms with E-state index in [4.69, 9.17) is 0 Å². The fourth-order valence-corrected chi connectivity index (χ4v) is 2.45. The standard InChI is InChI=1S/C12H14BrF3N2O/c13-10-6-8(18-7-9-2-1-5-17-9)3-4-11(10)19-12(14,15)16/h3-4,6,9,17-18H,1-2,5,7H2. The van der Waals surface area contributed by atoms with Gasteiger partial charge in [0.1, 0.15) is 5.75 Å². The second kappa shape index (κ2) is 6.00. The normalized spacial score (nSPS) is 19.5. The molecule has 1 saturated heterocycles. The fourth-order valence-electron chi connectivity index (χ4n) is 1.99. The van der Waals surface area contributed by atoms with Gasteiger partial charge < -0.3 is 15.4 Å². The van der Waals surface area contributed by atoms with Crippen molar-refractivity contribution in [3.05, 3.63) is 22.7 Å². The quantitative estimate of drug-likeness (QED) is 0.881. The van der Waals surface area contributed by atoms with Crippen LogP contribution in [-0.2, 0) is 0 Å². The van der Waals surface area contributed by atoms with Crippen LogP contribution in [0, 0.1) is 0 Å². The maximum absolute atomic E-state index is 12.1. The molecular weight excluding hydrogens is 325 g/mol. The molecule has 0 amide bonds. The first-order valence-electron chi connectivity index (χ1n) is 5.96. The number of anilines is 1. The van der Waals surface area contributed by atoms with Crippen molar-refractivity contribution in [2.75, 3.05) is 18.4 Å². The number of alkyl halides is 3. The van der Waals surface area contributed by atoms with E-state index in [0.717, 1.165) is 31.6 Å². The summed E-state index contributed by atoms with van der Waals surface area (Å²) in [5.74, 6) is -0.239. The fraction of sp³-hybridized carbons (Fsp3) is 0.500. The molecule has 1 fully saturated rings. The highest BCUT2D eigenvalue weighted by Crippen LogP contribution is 2.32. The number of nitrogens with one attached hydrogen (secondary N) is 2. The van der Waals surface area contributed by atoms with Crippen molar-refractivity contribution in [1.82, 2.24) is 5.32 Å². The van der Waals surface area contributed by atoms with Gasteiger partial charge in [0.05, 0.1) is 4.47 Å². The number of ether oxygens (including phenoxy) is 1. The molecule has 1 heterocycles. The molecule has 19 heavy (non-hydrogen) atoms. The summed E-state index contributed by atoms with van der Waals surface area (Å²) in [7, 11) is 0. The van der Waals surface area contributed by atoms with Crippen LogP contribution >= 0.6 is 15.9 Å². The summed E-state index contributed by atoms with van der Waals surface area (Å²) < 4.78 is 40.5. The first kappa shape index (κ1) is 14.5.